The molecule has 0 aliphatic carbocycles. The number of rotatable bonds is 1. The minimum Gasteiger partial charge on any atom is -0.364 e. The zero-order valence-electron chi connectivity index (χ0n) is 7.00. The van der Waals surface area contributed by atoms with Crippen molar-refractivity contribution in [1.29, 1.82) is 0 Å². The minimum absolute atomic E-state index is 0.526. The maximum absolute atomic E-state index is 12.8. The summed E-state index contributed by atoms with van der Waals surface area (Å²) < 4.78 is 25.6. The molecule has 0 spiro atoms. The molecule has 0 radical (unpaired) electrons. The first-order valence-corrected chi connectivity index (χ1v) is 4.12. The van der Waals surface area contributed by atoms with Crippen molar-refractivity contribution in [3.05, 3.63) is 42.0 Å². The number of hydrogen-bond donors (Lipinski definition) is 0. The maximum Gasteiger partial charge on any atom is 0.128 e. The van der Waals surface area contributed by atoms with E-state index in [0.29, 0.717) is 5.69 Å². The van der Waals surface area contributed by atoms with Gasteiger partial charge in [-0.15, -0.1) is 0 Å². The van der Waals surface area contributed by atoms with Crippen LogP contribution in [-0.4, -0.2) is 13.1 Å². The van der Waals surface area contributed by atoms with Crippen LogP contribution in [0.3, 0.4) is 0 Å². The maximum atomic E-state index is 12.8. The molecule has 13 heavy (non-hydrogen) atoms. The Morgan fingerprint density at radius 3 is 2.00 bits per heavy atom. The summed E-state index contributed by atoms with van der Waals surface area (Å²) >= 11 is 0. The molecule has 0 fully saturated rings. The molecular weight excluding hydrogens is 172 g/mol. The van der Waals surface area contributed by atoms with Gasteiger partial charge in [0.05, 0.1) is 0 Å². The zero-order valence-corrected chi connectivity index (χ0v) is 7.00. The summed E-state index contributed by atoms with van der Waals surface area (Å²) in [7, 11) is 0. The molecule has 0 amide bonds. The van der Waals surface area contributed by atoms with Crippen LogP contribution in [0.1, 0.15) is 0 Å². The van der Waals surface area contributed by atoms with Crippen LogP contribution in [0.25, 0.3) is 0 Å². The van der Waals surface area contributed by atoms with Gasteiger partial charge in [0, 0.05) is 24.8 Å². The summed E-state index contributed by atoms with van der Waals surface area (Å²) in [5.74, 6) is -1.05. The van der Waals surface area contributed by atoms with Crippen molar-refractivity contribution in [3.63, 3.8) is 0 Å². The first-order valence-electron chi connectivity index (χ1n) is 4.12. The molecule has 0 saturated heterocycles. The summed E-state index contributed by atoms with van der Waals surface area (Å²) in [6.45, 7) is 1.45. The Morgan fingerprint density at radius 1 is 0.923 bits per heavy atom. The Morgan fingerprint density at radius 2 is 1.46 bits per heavy atom. The highest BCUT2D eigenvalue weighted by atomic mass is 19.1. The van der Waals surface area contributed by atoms with Crippen LogP contribution < -0.4 is 4.90 Å². The lowest BCUT2D eigenvalue weighted by Gasteiger charge is -2.17. The molecule has 1 aliphatic heterocycles. The molecule has 1 nitrogen and oxygen atoms in total. The van der Waals surface area contributed by atoms with E-state index in [2.05, 4.69) is 0 Å². The van der Waals surface area contributed by atoms with Gasteiger partial charge in [0.15, 0.2) is 0 Å². The first kappa shape index (κ1) is 8.23. The summed E-state index contributed by atoms with van der Waals surface area (Å²) in [4.78, 5) is 1.90. The van der Waals surface area contributed by atoms with Gasteiger partial charge in [0.25, 0.3) is 0 Å². The Balaban J connectivity index is 2.29. The van der Waals surface area contributed by atoms with Crippen LogP contribution in [0.4, 0.5) is 14.5 Å². The monoisotopic (exact) mass is 181 g/mol. The average molecular weight is 181 g/mol. The first-order chi connectivity index (χ1) is 6.25. The highest BCUT2D eigenvalue weighted by molar-refractivity contribution is 5.49. The smallest absolute Gasteiger partial charge is 0.128 e. The van der Waals surface area contributed by atoms with Gasteiger partial charge in [-0.3, -0.25) is 0 Å². The normalized spacial score (nSPS) is 15.4. The summed E-state index contributed by atoms with van der Waals surface area (Å²) in [6.07, 6.45) is 3.95. The van der Waals surface area contributed by atoms with Crippen molar-refractivity contribution in [3.8, 4) is 0 Å². The van der Waals surface area contributed by atoms with E-state index in [-0.39, 0.29) is 0 Å². The lowest BCUT2D eigenvalue weighted by atomic mass is 10.3. The molecule has 2 rings (SSSR count). The fraction of sp³-hybridized carbons (Fsp3) is 0.200. The van der Waals surface area contributed by atoms with Crippen LogP contribution in [0, 0.1) is 11.6 Å². The van der Waals surface area contributed by atoms with Crippen molar-refractivity contribution in [2.75, 3.05) is 18.0 Å². The SMILES string of the molecule is Fc1cc(F)cc(N2CC=CC2)c1. The summed E-state index contributed by atoms with van der Waals surface area (Å²) in [5.41, 5.74) is 0.600. The summed E-state index contributed by atoms with van der Waals surface area (Å²) in [5, 5.41) is 0. The molecule has 68 valence electrons. The third-order valence-corrected chi connectivity index (χ3v) is 2.03. The predicted molar refractivity (Wildman–Crippen MR) is 47.7 cm³/mol. The van der Waals surface area contributed by atoms with Crippen LogP contribution in [0.5, 0.6) is 0 Å². The molecule has 0 bridgehead atoms. The Hall–Kier alpha value is -1.38. The molecule has 0 unspecified atom stereocenters. The van der Waals surface area contributed by atoms with E-state index in [9.17, 15) is 8.78 Å². The van der Waals surface area contributed by atoms with Gasteiger partial charge in [-0.2, -0.15) is 0 Å². The molecule has 0 N–H and O–H groups in total. The molecule has 3 heteroatoms. The van der Waals surface area contributed by atoms with E-state index >= 15 is 0 Å². The van der Waals surface area contributed by atoms with Gasteiger partial charge in [-0.05, 0) is 12.1 Å². The van der Waals surface area contributed by atoms with Gasteiger partial charge in [0.1, 0.15) is 11.6 Å². The van der Waals surface area contributed by atoms with Crippen LogP contribution in [0.2, 0.25) is 0 Å². The van der Waals surface area contributed by atoms with Gasteiger partial charge in [-0.25, -0.2) is 8.78 Å². The highest BCUT2D eigenvalue weighted by Gasteiger charge is 2.09. The third kappa shape index (κ3) is 1.69. The Bertz CT molecular complexity index is 319. The van der Waals surface area contributed by atoms with Crippen molar-refractivity contribution in [1.82, 2.24) is 0 Å². The largest absolute Gasteiger partial charge is 0.364 e. The van der Waals surface area contributed by atoms with Gasteiger partial charge in [0.2, 0.25) is 0 Å². The molecule has 0 atom stereocenters. The second kappa shape index (κ2) is 3.17. The molecule has 1 aromatic rings. The van der Waals surface area contributed by atoms with E-state index in [1.807, 2.05) is 17.1 Å². The number of anilines is 1. The molecule has 0 saturated carbocycles. The second-order valence-corrected chi connectivity index (χ2v) is 3.00. The number of nitrogens with zero attached hydrogens (tertiary/aromatic N) is 1. The number of hydrogen-bond acceptors (Lipinski definition) is 1. The Labute approximate surface area is 75.3 Å². The van der Waals surface area contributed by atoms with Gasteiger partial charge in [-0.1, -0.05) is 12.2 Å². The van der Waals surface area contributed by atoms with Crippen LogP contribution in [0.15, 0.2) is 30.4 Å². The fourth-order valence-corrected chi connectivity index (χ4v) is 1.41. The standard InChI is InChI=1S/C10H9F2N/c11-8-5-9(12)7-10(6-8)13-3-1-2-4-13/h1-2,5-7H,3-4H2. The predicted octanol–water partition coefficient (Wildman–Crippen LogP) is 2.34. The average Bonchev–Trinajstić information content (AvgIpc) is 2.53. The van der Waals surface area contributed by atoms with Gasteiger partial charge >= 0.3 is 0 Å². The van der Waals surface area contributed by atoms with Crippen molar-refractivity contribution < 1.29 is 8.78 Å². The molecule has 0 aromatic heterocycles. The van der Waals surface area contributed by atoms with Crippen molar-refractivity contribution >= 4 is 5.69 Å². The minimum atomic E-state index is -0.526. The molecule has 1 aliphatic rings. The fourth-order valence-electron chi connectivity index (χ4n) is 1.41. The molecular formula is C10H9F2N. The van der Waals surface area contributed by atoms with E-state index in [4.69, 9.17) is 0 Å². The van der Waals surface area contributed by atoms with E-state index < -0.39 is 11.6 Å². The molecule has 1 aromatic carbocycles. The number of benzene rings is 1. The van der Waals surface area contributed by atoms with Crippen molar-refractivity contribution in [2.24, 2.45) is 0 Å². The van der Waals surface area contributed by atoms with Crippen molar-refractivity contribution in [2.45, 2.75) is 0 Å². The molecule has 1 heterocycles. The lowest BCUT2D eigenvalue weighted by Crippen LogP contribution is -2.18. The number of halogens is 2. The van der Waals surface area contributed by atoms with E-state index in [1.165, 1.54) is 12.1 Å². The lowest BCUT2D eigenvalue weighted by molar-refractivity contribution is 0.583. The topological polar surface area (TPSA) is 3.24 Å². The third-order valence-electron chi connectivity index (χ3n) is 2.03. The van der Waals surface area contributed by atoms with E-state index in [1.54, 1.807) is 0 Å². The second-order valence-electron chi connectivity index (χ2n) is 3.00. The van der Waals surface area contributed by atoms with Crippen LogP contribution in [-0.2, 0) is 0 Å². The van der Waals surface area contributed by atoms with E-state index in [0.717, 1.165) is 19.2 Å². The zero-order chi connectivity index (χ0) is 9.26. The highest BCUT2D eigenvalue weighted by Crippen LogP contribution is 2.19. The summed E-state index contributed by atoms with van der Waals surface area (Å²) in [6, 6.07) is 3.57. The van der Waals surface area contributed by atoms with Crippen LogP contribution >= 0.6 is 0 Å². The van der Waals surface area contributed by atoms with Gasteiger partial charge < -0.3 is 4.90 Å². The Kier molecular flexibility index (Phi) is 2.00. The quantitative estimate of drug-likeness (QED) is 0.601.